The zero-order valence-electron chi connectivity index (χ0n) is 13.4. The summed E-state index contributed by atoms with van der Waals surface area (Å²) in [5.74, 6) is 1.25. The number of anilines is 1. The van der Waals surface area contributed by atoms with Crippen LogP contribution in [0.25, 0.3) is 10.2 Å². The number of carbonyl (C=O) groups excluding carboxylic acids is 1. The predicted octanol–water partition coefficient (Wildman–Crippen LogP) is 2.88. The topological polar surface area (TPSA) is 72.1 Å². The number of nitrogens with two attached hydrogens (primary N) is 1. The molecule has 3 unspecified atom stereocenters. The highest BCUT2D eigenvalue weighted by Gasteiger charge is 2.45. The Bertz CT molecular complexity index is 743. The first-order valence-corrected chi connectivity index (χ1v) is 9.31. The van der Waals surface area contributed by atoms with Gasteiger partial charge in [0.2, 0.25) is 5.91 Å². The lowest BCUT2D eigenvalue weighted by Gasteiger charge is -2.34. The molecule has 5 nitrogen and oxygen atoms in total. The molecule has 0 aromatic carbocycles. The fourth-order valence-electron chi connectivity index (χ4n) is 4.29. The Hall–Kier alpha value is -1.69. The molecule has 1 amide bonds. The third-order valence-corrected chi connectivity index (χ3v) is 6.56. The first-order valence-electron chi connectivity index (χ1n) is 8.50. The van der Waals surface area contributed by atoms with Gasteiger partial charge in [-0.2, -0.15) is 0 Å². The highest BCUT2D eigenvalue weighted by Crippen LogP contribution is 2.44. The van der Waals surface area contributed by atoms with E-state index in [0.29, 0.717) is 12.0 Å². The van der Waals surface area contributed by atoms with Gasteiger partial charge in [0.1, 0.15) is 23.0 Å². The molecule has 2 fully saturated rings. The van der Waals surface area contributed by atoms with Gasteiger partial charge in [0.25, 0.3) is 0 Å². The van der Waals surface area contributed by atoms with E-state index >= 15 is 0 Å². The van der Waals surface area contributed by atoms with E-state index in [0.717, 1.165) is 35.3 Å². The molecule has 1 saturated carbocycles. The second-order valence-electron chi connectivity index (χ2n) is 6.66. The highest BCUT2D eigenvalue weighted by molar-refractivity contribution is 7.18. The Labute approximate surface area is 139 Å². The zero-order valence-corrected chi connectivity index (χ0v) is 14.2. The van der Waals surface area contributed by atoms with Crippen molar-refractivity contribution in [1.29, 1.82) is 0 Å². The predicted molar refractivity (Wildman–Crippen MR) is 92.6 cm³/mol. The maximum absolute atomic E-state index is 12.1. The van der Waals surface area contributed by atoms with Crippen molar-refractivity contribution in [2.24, 2.45) is 11.7 Å². The van der Waals surface area contributed by atoms with Crippen molar-refractivity contribution in [2.45, 2.75) is 57.5 Å². The van der Waals surface area contributed by atoms with Crippen molar-refractivity contribution in [3.63, 3.8) is 0 Å². The third-order valence-electron chi connectivity index (χ3n) is 5.37. The molecular weight excluding hydrogens is 308 g/mol. The van der Waals surface area contributed by atoms with Gasteiger partial charge in [0.05, 0.1) is 5.39 Å². The van der Waals surface area contributed by atoms with Crippen molar-refractivity contribution in [3.05, 3.63) is 17.3 Å². The lowest BCUT2D eigenvalue weighted by molar-refractivity contribution is -0.119. The van der Waals surface area contributed by atoms with Gasteiger partial charge in [-0.25, -0.2) is 9.97 Å². The van der Waals surface area contributed by atoms with E-state index in [1.54, 1.807) is 17.7 Å². The molecule has 3 heterocycles. The summed E-state index contributed by atoms with van der Waals surface area (Å²) in [5, 5.41) is 1.08. The Morgan fingerprint density at radius 3 is 3.00 bits per heavy atom. The van der Waals surface area contributed by atoms with Crippen LogP contribution in [0.1, 0.15) is 43.9 Å². The first-order chi connectivity index (χ1) is 11.2. The minimum atomic E-state index is -0.230. The molecule has 3 atom stereocenters. The monoisotopic (exact) mass is 330 g/mol. The van der Waals surface area contributed by atoms with E-state index in [-0.39, 0.29) is 11.9 Å². The van der Waals surface area contributed by atoms with E-state index in [4.69, 9.17) is 5.73 Å². The van der Waals surface area contributed by atoms with Crippen molar-refractivity contribution in [2.75, 3.05) is 4.90 Å². The van der Waals surface area contributed by atoms with E-state index in [1.165, 1.54) is 24.1 Å². The molecule has 4 rings (SSSR count). The van der Waals surface area contributed by atoms with Gasteiger partial charge in [-0.15, -0.1) is 11.3 Å². The molecule has 122 valence electrons. The van der Waals surface area contributed by atoms with E-state index in [9.17, 15) is 4.79 Å². The number of carbonyl (C=O) groups is 1. The Kier molecular flexibility index (Phi) is 3.71. The minimum Gasteiger partial charge on any atom is -0.368 e. The summed E-state index contributed by atoms with van der Waals surface area (Å²) in [6.07, 6.45) is 8.30. The number of thiophene rings is 1. The second-order valence-corrected chi connectivity index (χ2v) is 7.77. The van der Waals surface area contributed by atoms with Crippen LogP contribution in [0, 0.1) is 5.92 Å². The molecular formula is C17H22N4OS. The number of hydrogen-bond acceptors (Lipinski definition) is 5. The maximum atomic E-state index is 12.1. The molecule has 2 N–H and O–H groups in total. The number of fused-ring (bicyclic) bond motifs is 2. The molecule has 2 aliphatic rings. The lowest BCUT2D eigenvalue weighted by atomic mass is 9.84. The summed E-state index contributed by atoms with van der Waals surface area (Å²) in [7, 11) is 0. The fourth-order valence-corrected chi connectivity index (χ4v) is 5.22. The summed E-state index contributed by atoms with van der Waals surface area (Å²) in [5.41, 5.74) is 5.73. The van der Waals surface area contributed by atoms with Crippen molar-refractivity contribution in [1.82, 2.24) is 9.97 Å². The van der Waals surface area contributed by atoms with Crippen LogP contribution in [-0.2, 0) is 11.2 Å². The summed E-state index contributed by atoms with van der Waals surface area (Å²) < 4.78 is 0. The van der Waals surface area contributed by atoms with Gasteiger partial charge < -0.3 is 10.6 Å². The highest BCUT2D eigenvalue weighted by atomic mass is 32.1. The van der Waals surface area contributed by atoms with E-state index in [2.05, 4.69) is 27.9 Å². The quantitative estimate of drug-likeness (QED) is 0.939. The van der Waals surface area contributed by atoms with Gasteiger partial charge in [-0.05, 0) is 37.7 Å². The number of rotatable bonds is 3. The van der Waals surface area contributed by atoms with Crippen LogP contribution in [0.2, 0.25) is 0 Å². The average Bonchev–Trinajstić information content (AvgIpc) is 3.15. The summed E-state index contributed by atoms with van der Waals surface area (Å²) >= 11 is 1.72. The first kappa shape index (κ1) is 14.9. The van der Waals surface area contributed by atoms with Gasteiger partial charge in [0.15, 0.2) is 0 Å². The Balaban J connectivity index is 1.83. The van der Waals surface area contributed by atoms with Crippen molar-refractivity contribution in [3.8, 4) is 0 Å². The van der Waals surface area contributed by atoms with Gasteiger partial charge in [0, 0.05) is 10.9 Å². The molecule has 0 radical (unpaired) electrons. The fraction of sp³-hybridized carbons (Fsp3) is 0.588. The number of nitrogens with zero attached hydrogens (tertiary/aromatic N) is 3. The molecule has 1 aliphatic heterocycles. The molecule has 2 aromatic rings. The molecule has 2 aromatic heterocycles. The van der Waals surface area contributed by atoms with Gasteiger partial charge in [-0.3, -0.25) is 4.79 Å². The van der Waals surface area contributed by atoms with E-state index < -0.39 is 0 Å². The molecule has 1 aliphatic carbocycles. The lowest BCUT2D eigenvalue weighted by Crippen LogP contribution is -2.45. The van der Waals surface area contributed by atoms with Crippen LogP contribution in [-0.4, -0.2) is 28.0 Å². The van der Waals surface area contributed by atoms with Crippen LogP contribution in [0.4, 0.5) is 5.82 Å². The Morgan fingerprint density at radius 1 is 1.39 bits per heavy atom. The summed E-state index contributed by atoms with van der Waals surface area (Å²) in [6.45, 7) is 2.15. The van der Waals surface area contributed by atoms with Crippen molar-refractivity contribution < 1.29 is 4.79 Å². The SMILES string of the molecule is CCc1cc2c(N3C(C(N)=O)CC4CCCCC43)ncnc2s1. The maximum Gasteiger partial charge on any atom is 0.240 e. The van der Waals surface area contributed by atoms with Gasteiger partial charge >= 0.3 is 0 Å². The van der Waals surface area contributed by atoms with E-state index in [1.807, 2.05) is 0 Å². The number of hydrogen-bond donors (Lipinski definition) is 1. The third kappa shape index (κ3) is 2.40. The number of aromatic nitrogens is 2. The van der Waals surface area contributed by atoms with Crippen LogP contribution < -0.4 is 10.6 Å². The average molecular weight is 330 g/mol. The largest absolute Gasteiger partial charge is 0.368 e. The van der Waals surface area contributed by atoms with Crippen LogP contribution in [0.15, 0.2) is 12.4 Å². The second kappa shape index (κ2) is 5.74. The zero-order chi connectivity index (χ0) is 16.0. The molecule has 0 bridgehead atoms. The van der Waals surface area contributed by atoms with Crippen LogP contribution in [0.5, 0.6) is 0 Å². The molecule has 1 saturated heterocycles. The standard InChI is InChI=1S/C17H22N4OS/c1-2-11-8-12-16(19-9-20-17(12)23-11)21-13-6-4-3-5-10(13)7-14(21)15(18)22/h8-10,13-14H,2-7H2,1H3,(H2,18,22). The Morgan fingerprint density at radius 2 is 2.22 bits per heavy atom. The summed E-state index contributed by atoms with van der Waals surface area (Å²) in [6, 6.07) is 2.35. The van der Waals surface area contributed by atoms with Crippen LogP contribution >= 0.6 is 11.3 Å². The summed E-state index contributed by atoms with van der Waals surface area (Å²) in [4.78, 5) is 25.6. The normalized spacial score (nSPS) is 27.3. The molecule has 0 spiro atoms. The number of aryl methyl sites for hydroxylation is 1. The molecule has 6 heteroatoms. The number of primary amides is 1. The number of amides is 1. The molecule has 23 heavy (non-hydrogen) atoms. The van der Waals surface area contributed by atoms with Crippen molar-refractivity contribution >= 4 is 33.3 Å². The van der Waals surface area contributed by atoms with Gasteiger partial charge in [-0.1, -0.05) is 19.8 Å². The minimum absolute atomic E-state index is 0.225. The van der Waals surface area contributed by atoms with Crippen LogP contribution in [0.3, 0.4) is 0 Å². The smallest absolute Gasteiger partial charge is 0.240 e.